The van der Waals surface area contributed by atoms with Crippen LogP contribution in [-0.4, -0.2) is 18.0 Å². The molecule has 1 N–H and O–H groups in total. The number of thiazole rings is 1. The van der Waals surface area contributed by atoms with E-state index in [2.05, 4.69) is 26.2 Å². The van der Waals surface area contributed by atoms with Gasteiger partial charge in [-0.3, -0.25) is 4.79 Å². The number of amides is 1. The Morgan fingerprint density at radius 1 is 1.44 bits per heavy atom. The van der Waals surface area contributed by atoms with Gasteiger partial charge in [0.15, 0.2) is 9.73 Å². The number of aromatic nitrogens is 1. The normalized spacial score (nSPS) is 10.2. The number of rotatable bonds is 3. The van der Waals surface area contributed by atoms with Gasteiger partial charge in [0.05, 0.1) is 12.0 Å². The SMILES string of the molecule is COc1ccccc1-c1sc(Br)nc1NC(C)=O. The van der Waals surface area contributed by atoms with Crippen molar-refractivity contribution in [3.63, 3.8) is 0 Å². The number of benzene rings is 1. The first-order valence-corrected chi connectivity index (χ1v) is 6.80. The predicted molar refractivity (Wildman–Crippen MR) is 76.1 cm³/mol. The fraction of sp³-hybridized carbons (Fsp3) is 0.167. The largest absolute Gasteiger partial charge is 0.496 e. The van der Waals surface area contributed by atoms with Crippen molar-refractivity contribution in [1.82, 2.24) is 4.98 Å². The second-order valence-corrected chi connectivity index (χ2v) is 5.80. The van der Waals surface area contributed by atoms with Crippen LogP contribution < -0.4 is 10.1 Å². The highest BCUT2D eigenvalue weighted by Gasteiger charge is 2.16. The number of methoxy groups -OCH3 is 1. The van der Waals surface area contributed by atoms with Crippen molar-refractivity contribution < 1.29 is 9.53 Å². The minimum atomic E-state index is -0.149. The van der Waals surface area contributed by atoms with Crippen LogP contribution >= 0.6 is 27.3 Å². The zero-order chi connectivity index (χ0) is 13.1. The van der Waals surface area contributed by atoms with Crippen molar-refractivity contribution in [3.05, 3.63) is 28.2 Å². The summed E-state index contributed by atoms with van der Waals surface area (Å²) >= 11 is 4.78. The number of hydrogen-bond donors (Lipinski definition) is 1. The molecule has 1 aromatic heterocycles. The number of anilines is 1. The molecule has 6 heteroatoms. The summed E-state index contributed by atoms with van der Waals surface area (Å²) in [5.41, 5.74) is 0.909. The molecule has 1 amide bonds. The highest BCUT2D eigenvalue weighted by atomic mass is 79.9. The Kier molecular flexibility index (Phi) is 3.98. The van der Waals surface area contributed by atoms with Crippen LogP contribution in [0, 0.1) is 0 Å². The molecule has 0 fully saturated rings. The molecule has 0 aliphatic rings. The zero-order valence-electron chi connectivity index (χ0n) is 9.86. The van der Waals surface area contributed by atoms with Gasteiger partial charge in [0, 0.05) is 12.5 Å². The summed E-state index contributed by atoms with van der Waals surface area (Å²) in [4.78, 5) is 16.3. The van der Waals surface area contributed by atoms with Crippen LogP contribution in [0.1, 0.15) is 6.92 Å². The van der Waals surface area contributed by atoms with Crippen LogP contribution in [0.2, 0.25) is 0 Å². The van der Waals surface area contributed by atoms with E-state index < -0.39 is 0 Å². The fourth-order valence-electron chi connectivity index (χ4n) is 1.56. The van der Waals surface area contributed by atoms with Crippen molar-refractivity contribution in [1.29, 1.82) is 0 Å². The van der Waals surface area contributed by atoms with Crippen LogP contribution in [0.3, 0.4) is 0 Å². The maximum absolute atomic E-state index is 11.2. The summed E-state index contributed by atoms with van der Waals surface area (Å²) in [6, 6.07) is 7.63. The summed E-state index contributed by atoms with van der Waals surface area (Å²) in [7, 11) is 1.62. The Balaban J connectivity index is 2.52. The third-order valence-corrected chi connectivity index (χ3v) is 3.79. The number of carbonyl (C=O) groups is 1. The first-order chi connectivity index (χ1) is 8.61. The van der Waals surface area contributed by atoms with Crippen LogP contribution in [0.4, 0.5) is 5.82 Å². The van der Waals surface area contributed by atoms with E-state index >= 15 is 0 Å². The minimum Gasteiger partial charge on any atom is -0.496 e. The van der Waals surface area contributed by atoms with Crippen molar-refractivity contribution in [3.8, 4) is 16.2 Å². The predicted octanol–water partition coefficient (Wildman–Crippen LogP) is 3.54. The number of ether oxygens (including phenoxy) is 1. The topological polar surface area (TPSA) is 51.2 Å². The molecule has 0 spiro atoms. The van der Waals surface area contributed by atoms with Gasteiger partial charge >= 0.3 is 0 Å². The van der Waals surface area contributed by atoms with Gasteiger partial charge in [-0.25, -0.2) is 4.98 Å². The molecule has 0 atom stereocenters. The van der Waals surface area contributed by atoms with E-state index in [1.807, 2.05) is 24.3 Å². The van der Waals surface area contributed by atoms with Gasteiger partial charge in [0.1, 0.15) is 5.75 Å². The Labute approximate surface area is 117 Å². The molecule has 18 heavy (non-hydrogen) atoms. The first-order valence-electron chi connectivity index (χ1n) is 5.19. The molecule has 2 aromatic rings. The van der Waals surface area contributed by atoms with Gasteiger partial charge in [-0.2, -0.15) is 0 Å². The van der Waals surface area contributed by atoms with Gasteiger partial charge in [0.2, 0.25) is 5.91 Å². The van der Waals surface area contributed by atoms with Gasteiger partial charge in [-0.15, -0.1) is 11.3 Å². The third kappa shape index (κ3) is 2.70. The lowest BCUT2D eigenvalue weighted by atomic mass is 10.1. The van der Waals surface area contributed by atoms with Gasteiger partial charge < -0.3 is 10.1 Å². The zero-order valence-corrected chi connectivity index (χ0v) is 12.3. The second kappa shape index (κ2) is 5.49. The molecule has 4 nitrogen and oxygen atoms in total. The molecule has 0 aliphatic heterocycles. The van der Waals surface area contributed by atoms with E-state index in [-0.39, 0.29) is 5.91 Å². The molecule has 1 aromatic carbocycles. The number of carbonyl (C=O) groups excluding carboxylic acids is 1. The smallest absolute Gasteiger partial charge is 0.222 e. The first kappa shape index (κ1) is 13.0. The van der Waals surface area contributed by atoms with Gasteiger partial charge in [0.25, 0.3) is 0 Å². The summed E-state index contributed by atoms with van der Waals surface area (Å²) in [6.07, 6.45) is 0. The lowest BCUT2D eigenvalue weighted by Crippen LogP contribution is -2.06. The maximum atomic E-state index is 11.2. The van der Waals surface area contributed by atoms with Crippen molar-refractivity contribution in [2.75, 3.05) is 12.4 Å². The Bertz CT molecular complexity index is 583. The molecular weight excluding hydrogens is 316 g/mol. The summed E-state index contributed by atoms with van der Waals surface area (Å²) in [5.74, 6) is 1.15. The van der Waals surface area contributed by atoms with Crippen LogP contribution in [0.15, 0.2) is 28.2 Å². The van der Waals surface area contributed by atoms with E-state index in [9.17, 15) is 4.79 Å². The number of nitrogens with one attached hydrogen (secondary N) is 1. The van der Waals surface area contributed by atoms with E-state index in [0.29, 0.717) is 9.73 Å². The van der Waals surface area contributed by atoms with Crippen molar-refractivity contribution in [2.45, 2.75) is 6.92 Å². The highest BCUT2D eigenvalue weighted by molar-refractivity contribution is 9.11. The molecule has 94 valence electrons. The quantitative estimate of drug-likeness (QED) is 0.938. The molecule has 2 rings (SSSR count). The van der Waals surface area contributed by atoms with Crippen molar-refractivity contribution >= 4 is 39.0 Å². The molecular formula is C12H11BrN2O2S. The van der Waals surface area contributed by atoms with E-state index in [0.717, 1.165) is 16.2 Å². The monoisotopic (exact) mass is 326 g/mol. The van der Waals surface area contributed by atoms with E-state index in [1.165, 1.54) is 18.3 Å². The number of nitrogens with zero attached hydrogens (tertiary/aromatic N) is 1. The lowest BCUT2D eigenvalue weighted by Gasteiger charge is -2.07. The van der Waals surface area contributed by atoms with E-state index in [4.69, 9.17) is 4.74 Å². The molecule has 0 saturated heterocycles. The summed E-state index contributed by atoms with van der Waals surface area (Å²) < 4.78 is 6.03. The second-order valence-electron chi connectivity index (χ2n) is 3.53. The molecule has 0 aliphatic carbocycles. The highest BCUT2D eigenvalue weighted by Crippen LogP contribution is 2.40. The van der Waals surface area contributed by atoms with Crippen molar-refractivity contribution in [2.24, 2.45) is 0 Å². The fourth-order valence-corrected chi connectivity index (χ4v) is 3.00. The lowest BCUT2D eigenvalue weighted by molar-refractivity contribution is -0.114. The number of halogens is 1. The van der Waals surface area contributed by atoms with E-state index in [1.54, 1.807) is 7.11 Å². The molecule has 1 heterocycles. The Morgan fingerprint density at radius 2 is 2.17 bits per heavy atom. The maximum Gasteiger partial charge on any atom is 0.222 e. The number of para-hydroxylation sites is 1. The van der Waals surface area contributed by atoms with Gasteiger partial charge in [-0.1, -0.05) is 12.1 Å². The third-order valence-electron chi connectivity index (χ3n) is 2.25. The molecule has 0 saturated carbocycles. The summed E-state index contributed by atoms with van der Waals surface area (Å²) in [5, 5.41) is 2.72. The minimum absolute atomic E-state index is 0.149. The molecule has 0 radical (unpaired) electrons. The van der Waals surface area contributed by atoms with Gasteiger partial charge in [-0.05, 0) is 28.1 Å². The summed E-state index contributed by atoms with van der Waals surface area (Å²) in [6.45, 7) is 1.46. The Hall–Kier alpha value is -1.40. The number of hydrogen-bond acceptors (Lipinski definition) is 4. The van der Waals surface area contributed by atoms with Crippen LogP contribution in [0.25, 0.3) is 10.4 Å². The standard InChI is InChI=1S/C12H11BrN2O2S/c1-7(16)14-11-10(18-12(13)15-11)8-5-3-4-6-9(8)17-2/h3-6H,1-2H3,(H,14,16). The average molecular weight is 327 g/mol. The van der Waals surface area contributed by atoms with Crippen LogP contribution in [0.5, 0.6) is 5.75 Å². The average Bonchev–Trinajstić information content (AvgIpc) is 2.69. The molecule has 0 unspecified atom stereocenters. The molecule has 0 bridgehead atoms. The Morgan fingerprint density at radius 3 is 2.83 bits per heavy atom. The van der Waals surface area contributed by atoms with Crippen LogP contribution in [-0.2, 0) is 4.79 Å².